The van der Waals surface area contributed by atoms with Gasteiger partial charge in [0.25, 0.3) is 5.91 Å². The van der Waals surface area contributed by atoms with Crippen LogP contribution in [0.3, 0.4) is 0 Å². The Bertz CT molecular complexity index is 1160. The quantitative estimate of drug-likeness (QED) is 0.522. The van der Waals surface area contributed by atoms with Crippen molar-refractivity contribution in [1.29, 1.82) is 0 Å². The van der Waals surface area contributed by atoms with Crippen molar-refractivity contribution in [3.8, 4) is 5.88 Å². The van der Waals surface area contributed by atoms with Crippen LogP contribution in [0, 0.1) is 0 Å². The highest BCUT2D eigenvalue weighted by molar-refractivity contribution is 7.99. The van der Waals surface area contributed by atoms with E-state index in [-0.39, 0.29) is 16.3 Å². The molecule has 10 heteroatoms. The Balaban J connectivity index is 1.39. The number of carbonyl (C=O) groups is 1. The number of hydrogen-bond donors (Lipinski definition) is 1. The van der Waals surface area contributed by atoms with Crippen molar-refractivity contribution in [2.75, 3.05) is 24.6 Å². The van der Waals surface area contributed by atoms with Gasteiger partial charge in [0.15, 0.2) is 0 Å². The van der Waals surface area contributed by atoms with Crippen molar-refractivity contribution in [3.05, 3.63) is 76.1 Å². The lowest BCUT2D eigenvalue weighted by Gasteiger charge is -2.25. The van der Waals surface area contributed by atoms with Crippen molar-refractivity contribution in [2.24, 2.45) is 0 Å². The second-order valence-electron chi connectivity index (χ2n) is 7.09. The minimum absolute atomic E-state index is 0.0773. The molecule has 1 fully saturated rings. The fourth-order valence-electron chi connectivity index (χ4n) is 3.23. The van der Waals surface area contributed by atoms with Crippen molar-refractivity contribution in [2.45, 2.75) is 18.0 Å². The Labute approximate surface area is 195 Å². The largest absolute Gasteiger partial charge is 0.473 e. The van der Waals surface area contributed by atoms with E-state index in [0.717, 1.165) is 34.0 Å². The van der Waals surface area contributed by atoms with E-state index >= 15 is 0 Å². The molecule has 1 saturated heterocycles. The SMILES string of the molecule is O=C(NCc1ccnc(OCc2ccccc2)c1)c1sccc1S(=O)(=O)N1CCSCC1. The molecular weight excluding hydrogens is 466 g/mol. The molecule has 1 aromatic carbocycles. The van der Waals surface area contributed by atoms with Crippen LogP contribution in [-0.4, -0.2) is 48.2 Å². The lowest BCUT2D eigenvalue weighted by Crippen LogP contribution is -2.38. The summed E-state index contributed by atoms with van der Waals surface area (Å²) in [4.78, 5) is 17.3. The predicted molar refractivity (Wildman–Crippen MR) is 127 cm³/mol. The lowest BCUT2D eigenvalue weighted by molar-refractivity contribution is 0.0951. The van der Waals surface area contributed by atoms with Crippen LogP contribution in [0.1, 0.15) is 20.8 Å². The fourth-order valence-corrected chi connectivity index (χ4v) is 7.12. The van der Waals surface area contributed by atoms with Gasteiger partial charge in [-0.1, -0.05) is 30.3 Å². The van der Waals surface area contributed by atoms with Crippen molar-refractivity contribution >= 4 is 39.0 Å². The number of benzene rings is 1. The first kappa shape index (κ1) is 22.8. The summed E-state index contributed by atoms with van der Waals surface area (Å²) in [6.45, 7) is 1.56. The van der Waals surface area contributed by atoms with Gasteiger partial charge in [0.2, 0.25) is 15.9 Å². The molecule has 0 bridgehead atoms. The molecule has 3 heterocycles. The van der Waals surface area contributed by atoms with Crippen LogP contribution >= 0.6 is 23.1 Å². The Morgan fingerprint density at radius 3 is 2.66 bits per heavy atom. The first-order chi connectivity index (χ1) is 15.5. The van der Waals surface area contributed by atoms with Gasteiger partial charge in [-0.15, -0.1) is 11.3 Å². The van der Waals surface area contributed by atoms with Crippen molar-refractivity contribution in [3.63, 3.8) is 0 Å². The molecule has 0 saturated carbocycles. The number of hydrogen-bond acceptors (Lipinski definition) is 7. The normalized spacial score (nSPS) is 14.8. The summed E-state index contributed by atoms with van der Waals surface area (Å²) in [5.41, 5.74) is 1.84. The average Bonchev–Trinajstić information content (AvgIpc) is 3.34. The Morgan fingerprint density at radius 1 is 1.09 bits per heavy atom. The van der Waals surface area contributed by atoms with E-state index in [1.54, 1.807) is 35.5 Å². The summed E-state index contributed by atoms with van der Waals surface area (Å²) < 4.78 is 33.2. The number of nitrogens with zero attached hydrogens (tertiary/aromatic N) is 2. The molecule has 32 heavy (non-hydrogen) atoms. The fraction of sp³-hybridized carbons (Fsp3) is 0.273. The minimum atomic E-state index is -3.68. The first-order valence-corrected chi connectivity index (χ1v) is 13.6. The molecule has 4 rings (SSSR count). The van der Waals surface area contributed by atoms with E-state index in [1.807, 2.05) is 30.3 Å². The summed E-state index contributed by atoms with van der Waals surface area (Å²) in [6, 6.07) is 14.8. The predicted octanol–water partition coefficient (Wildman–Crippen LogP) is 3.39. The van der Waals surface area contributed by atoms with Crippen LogP contribution in [0.25, 0.3) is 0 Å². The number of pyridine rings is 1. The van der Waals surface area contributed by atoms with Gasteiger partial charge in [-0.25, -0.2) is 13.4 Å². The third-order valence-electron chi connectivity index (χ3n) is 4.91. The molecule has 1 amide bonds. The number of thioether (sulfide) groups is 1. The van der Waals surface area contributed by atoms with E-state index in [1.165, 1.54) is 10.4 Å². The molecule has 0 unspecified atom stereocenters. The van der Waals surface area contributed by atoms with Gasteiger partial charge >= 0.3 is 0 Å². The van der Waals surface area contributed by atoms with Crippen LogP contribution in [0.15, 0.2) is 65.0 Å². The van der Waals surface area contributed by atoms with Gasteiger partial charge in [0, 0.05) is 43.4 Å². The summed E-state index contributed by atoms with van der Waals surface area (Å²) in [5, 5.41) is 4.46. The summed E-state index contributed by atoms with van der Waals surface area (Å²) >= 11 is 2.87. The van der Waals surface area contributed by atoms with Crippen molar-refractivity contribution in [1.82, 2.24) is 14.6 Å². The highest BCUT2D eigenvalue weighted by Gasteiger charge is 2.31. The van der Waals surface area contributed by atoms with Gasteiger partial charge in [-0.05, 0) is 28.6 Å². The van der Waals surface area contributed by atoms with Crippen molar-refractivity contribution < 1.29 is 17.9 Å². The number of amides is 1. The van der Waals surface area contributed by atoms with E-state index in [4.69, 9.17) is 4.74 Å². The minimum Gasteiger partial charge on any atom is -0.473 e. The highest BCUT2D eigenvalue weighted by atomic mass is 32.2. The monoisotopic (exact) mass is 489 g/mol. The summed E-state index contributed by atoms with van der Waals surface area (Å²) in [6.07, 6.45) is 1.62. The smallest absolute Gasteiger partial charge is 0.263 e. The molecule has 0 aliphatic carbocycles. The maximum atomic E-state index is 13.0. The molecule has 2 aromatic heterocycles. The molecular formula is C22H23N3O4S3. The van der Waals surface area contributed by atoms with E-state index < -0.39 is 15.9 Å². The van der Waals surface area contributed by atoms with E-state index in [0.29, 0.717) is 25.6 Å². The topological polar surface area (TPSA) is 88.6 Å². The molecule has 7 nitrogen and oxygen atoms in total. The van der Waals surface area contributed by atoms with Gasteiger partial charge in [0.1, 0.15) is 16.4 Å². The van der Waals surface area contributed by atoms with Crippen LogP contribution in [0.2, 0.25) is 0 Å². The lowest BCUT2D eigenvalue weighted by atomic mass is 10.2. The van der Waals surface area contributed by atoms with Crippen LogP contribution in [0.5, 0.6) is 5.88 Å². The van der Waals surface area contributed by atoms with Gasteiger partial charge in [0.05, 0.1) is 0 Å². The highest BCUT2D eigenvalue weighted by Crippen LogP contribution is 2.27. The zero-order chi connectivity index (χ0) is 22.4. The first-order valence-electron chi connectivity index (χ1n) is 10.1. The Morgan fingerprint density at radius 2 is 1.88 bits per heavy atom. The standard InChI is InChI=1S/C22H23N3O4S3/c26-22(21-19(7-11-31-21)32(27,28)25-9-12-30-13-10-25)24-15-18-6-8-23-20(14-18)29-16-17-4-2-1-3-5-17/h1-8,11,14H,9-10,12-13,15-16H2,(H,24,26). The van der Waals surface area contributed by atoms with Gasteiger partial charge < -0.3 is 10.1 Å². The summed E-state index contributed by atoms with van der Waals surface area (Å²) in [5.74, 6) is 1.58. The number of rotatable bonds is 8. The maximum absolute atomic E-state index is 13.0. The number of sulfonamides is 1. The van der Waals surface area contributed by atoms with E-state index in [2.05, 4.69) is 10.3 Å². The third-order valence-corrected chi connectivity index (χ3v) is 8.83. The molecule has 0 radical (unpaired) electrons. The second-order valence-corrected chi connectivity index (χ2v) is 11.1. The zero-order valence-electron chi connectivity index (χ0n) is 17.3. The number of ether oxygens (including phenoxy) is 1. The molecule has 3 aromatic rings. The van der Waals surface area contributed by atoms with Crippen LogP contribution in [0.4, 0.5) is 0 Å². The molecule has 0 atom stereocenters. The molecule has 0 spiro atoms. The Kier molecular flexibility index (Phi) is 7.46. The average molecular weight is 490 g/mol. The summed E-state index contributed by atoms with van der Waals surface area (Å²) in [7, 11) is -3.68. The molecule has 168 valence electrons. The Hall–Kier alpha value is -2.40. The number of thiophene rings is 1. The van der Waals surface area contributed by atoms with Crippen LogP contribution in [-0.2, 0) is 23.2 Å². The molecule has 1 aliphatic heterocycles. The van der Waals surface area contributed by atoms with Crippen LogP contribution < -0.4 is 10.1 Å². The molecule has 1 aliphatic rings. The van der Waals surface area contributed by atoms with E-state index in [9.17, 15) is 13.2 Å². The maximum Gasteiger partial charge on any atom is 0.263 e. The number of nitrogens with one attached hydrogen (secondary N) is 1. The number of carbonyl (C=O) groups excluding carboxylic acids is 1. The van der Waals surface area contributed by atoms with Gasteiger partial charge in [-0.2, -0.15) is 16.1 Å². The zero-order valence-corrected chi connectivity index (χ0v) is 19.7. The molecule has 1 N–H and O–H groups in total. The second kappa shape index (κ2) is 10.5. The third kappa shape index (κ3) is 5.50. The van der Waals surface area contributed by atoms with Gasteiger partial charge in [-0.3, -0.25) is 4.79 Å². The number of aromatic nitrogens is 1.